The highest BCUT2D eigenvalue weighted by Crippen LogP contribution is 2.34. The molecule has 0 radical (unpaired) electrons. The fourth-order valence-electron chi connectivity index (χ4n) is 2.15. The third-order valence-corrected chi connectivity index (χ3v) is 3.51. The number of alkyl halides is 3. The first-order valence-corrected chi connectivity index (χ1v) is 7.39. The molecule has 0 fully saturated rings. The molecule has 24 heavy (non-hydrogen) atoms. The molecule has 0 saturated heterocycles. The zero-order valence-corrected chi connectivity index (χ0v) is 13.6. The predicted octanol–water partition coefficient (Wildman–Crippen LogP) is 4.73. The standard InChI is InChI=1S/C18H18F3NO2/c1-11-8-9-12(2)16(10-11)24-13(3)17(23)22-15-7-5-4-6-14(15)18(19,20)21/h4-10,13H,1-3H3,(H,22,23). The lowest BCUT2D eigenvalue weighted by Gasteiger charge is -2.18. The fraction of sp³-hybridized carbons (Fsp3) is 0.278. The van der Waals surface area contributed by atoms with Crippen LogP contribution in [0.1, 0.15) is 23.6 Å². The quantitative estimate of drug-likeness (QED) is 0.876. The number of para-hydroxylation sites is 1. The number of aryl methyl sites for hydroxylation is 2. The first-order valence-electron chi connectivity index (χ1n) is 7.39. The molecule has 6 heteroatoms. The Morgan fingerprint density at radius 3 is 2.46 bits per heavy atom. The van der Waals surface area contributed by atoms with E-state index in [9.17, 15) is 18.0 Å². The molecule has 0 aliphatic rings. The SMILES string of the molecule is Cc1ccc(C)c(OC(C)C(=O)Nc2ccccc2C(F)(F)F)c1. The summed E-state index contributed by atoms with van der Waals surface area (Å²) in [6, 6.07) is 10.4. The van der Waals surface area contributed by atoms with E-state index >= 15 is 0 Å². The number of anilines is 1. The Kier molecular flexibility index (Phi) is 5.17. The van der Waals surface area contributed by atoms with Gasteiger partial charge in [0.2, 0.25) is 0 Å². The molecule has 1 atom stereocenters. The van der Waals surface area contributed by atoms with Crippen LogP contribution < -0.4 is 10.1 Å². The molecule has 0 aromatic heterocycles. The predicted molar refractivity (Wildman–Crippen MR) is 86.1 cm³/mol. The lowest BCUT2D eigenvalue weighted by molar-refractivity contribution is -0.137. The first-order chi connectivity index (χ1) is 11.2. The minimum Gasteiger partial charge on any atom is -0.481 e. The van der Waals surface area contributed by atoms with Crippen molar-refractivity contribution in [1.29, 1.82) is 0 Å². The molecular weight excluding hydrogens is 319 g/mol. The van der Waals surface area contributed by atoms with Gasteiger partial charge in [0.1, 0.15) is 5.75 Å². The van der Waals surface area contributed by atoms with Gasteiger partial charge in [0.15, 0.2) is 6.10 Å². The second-order valence-electron chi connectivity index (χ2n) is 5.56. The number of benzene rings is 2. The molecule has 1 N–H and O–H groups in total. The van der Waals surface area contributed by atoms with Gasteiger partial charge in [-0.3, -0.25) is 4.79 Å². The van der Waals surface area contributed by atoms with Gasteiger partial charge in [-0.05, 0) is 50.1 Å². The van der Waals surface area contributed by atoms with Crippen LogP contribution in [-0.2, 0) is 11.0 Å². The van der Waals surface area contributed by atoms with Crippen LogP contribution in [0.2, 0.25) is 0 Å². The topological polar surface area (TPSA) is 38.3 Å². The Labute approximate surface area is 138 Å². The largest absolute Gasteiger partial charge is 0.481 e. The van der Waals surface area contributed by atoms with Gasteiger partial charge in [0.05, 0.1) is 11.3 Å². The number of ether oxygens (including phenoxy) is 1. The summed E-state index contributed by atoms with van der Waals surface area (Å²) in [6.07, 6.45) is -5.48. The Balaban J connectivity index is 2.14. The molecular formula is C18H18F3NO2. The third kappa shape index (κ3) is 4.28. The maximum Gasteiger partial charge on any atom is 0.418 e. The summed E-state index contributed by atoms with van der Waals surface area (Å²) < 4.78 is 44.5. The van der Waals surface area contributed by atoms with Crippen molar-refractivity contribution in [3.8, 4) is 5.75 Å². The van der Waals surface area contributed by atoms with Crippen molar-refractivity contribution in [3.63, 3.8) is 0 Å². The van der Waals surface area contributed by atoms with E-state index in [4.69, 9.17) is 4.74 Å². The van der Waals surface area contributed by atoms with Crippen molar-refractivity contribution in [2.24, 2.45) is 0 Å². The Bertz CT molecular complexity index is 741. The molecule has 2 aromatic carbocycles. The van der Waals surface area contributed by atoms with Crippen LogP contribution in [0.4, 0.5) is 18.9 Å². The summed E-state index contributed by atoms with van der Waals surface area (Å²) >= 11 is 0. The van der Waals surface area contributed by atoms with Crippen molar-refractivity contribution in [2.75, 3.05) is 5.32 Å². The molecule has 0 aliphatic carbocycles. The smallest absolute Gasteiger partial charge is 0.418 e. The maximum absolute atomic E-state index is 13.0. The highest BCUT2D eigenvalue weighted by molar-refractivity contribution is 5.94. The second-order valence-corrected chi connectivity index (χ2v) is 5.56. The summed E-state index contributed by atoms with van der Waals surface area (Å²) in [7, 11) is 0. The summed E-state index contributed by atoms with van der Waals surface area (Å²) in [5.74, 6) is -0.116. The lowest BCUT2D eigenvalue weighted by atomic mass is 10.1. The number of hydrogen-bond acceptors (Lipinski definition) is 2. The van der Waals surface area contributed by atoms with Crippen LogP contribution in [0.25, 0.3) is 0 Å². The maximum atomic E-state index is 13.0. The Morgan fingerprint density at radius 1 is 1.12 bits per heavy atom. The van der Waals surface area contributed by atoms with Crippen molar-refractivity contribution < 1.29 is 22.7 Å². The van der Waals surface area contributed by atoms with Gasteiger partial charge in [-0.1, -0.05) is 24.3 Å². The summed E-state index contributed by atoms with van der Waals surface area (Å²) in [5.41, 5.74) is 0.630. The summed E-state index contributed by atoms with van der Waals surface area (Å²) in [5, 5.41) is 2.29. The van der Waals surface area contributed by atoms with Crippen LogP contribution in [0, 0.1) is 13.8 Å². The molecule has 0 saturated carbocycles. The average molecular weight is 337 g/mol. The molecule has 0 heterocycles. The van der Waals surface area contributed by atoms with E-state index in [2.05, 4.69) is 5.32 Å². The normalized spacial score (nSPS) is 12.6. The van der Waals surface area contributed by atoms with E-state index in [0.717, 1.165) is 17.2 Å². The van der Waals surface area contributed by atoms with Gasteiger partial charge in [0.25, 0.3) is 5.91 Å². The van der Waals surface area contributed by atoms with E-state index < -0.39 is 23.8 Å². The molecule has 0 bridgehead atoms. The van der Waals surface area contributed by atoms with Crippen molar-refractivity contribution in [1.82, 2.24) is 0 Å². The zero-order chi connectivity index (χ0) is 17.9. The summed E-state index contributed by atoms with van der Waals surface area (Å²) in [6.45, 7) is 5.21. The van der Waals surface area contributed by atoms with Gasteiger partial charge < -0.3 is 10.1 Å². The Morgan fingerprint density at radius 2 is 1.79 bits per heavy atom. The number of halogens is 3. The lowest BCUT2D eigenvalue weighted by Crippen LogP contribution is -2.31. The number of nitrogens with one attached hydrogen (secondary N) is 1. The van der Waals surface area contributed by atoms with Gasteiger partial charge in [-0.25, -0.2) is 0 Å². The number of amides is 1. The van der Waals surface area contributed by atoms with E-state index in [-0.39, 0.29) is 5.69 Å². The molecule has 3 nitrogen and oxygen atoms in total. The minimum atomic E-state index is -4.54. The molecule has 0 aliphatic heterocycles. The van der Waals surface area contributed by atoms with E-state index in [0.29, 0.717) is 5.75 Å². The Hall–Kier alpha value is -2.50. The monoisotopic (exact) mass is 337 g/mol. The highest BCUT2D eigenvalue weighted by Gasteiger charge is 2.34. The highest BCUT2D eigenvalue weighted by atomic mass is 19.4. The third-order valence-electron chi connectivity index (χ3n) is 3.51. The number of carbonyl (C=O) groups is 1. The van der Waals surface area contributed by atoms with Gasteiger partial charge >= 0.3 is 6.18 Å². The number of carbonyl (C=O) groups excluding carboxylic acids is 1. The summed E-state index contributed by atoms with van der Waals surface area (Å²) in [4.78, 5) is 12.2. The van der Waals surface area contributed by atoms with Crippen molar-refractivity contribution in [3.05, 3.63) is 59.2 Å². The van der Waals surface area contributed by atoms with E-state index in [1.807, 2.05) is 26.0 Å². The zero-order valence-electron chi connectivity index (χ0n) is 13.6. The van der Waals surface area contributed by atoms with Crippen LogP contribution in [0.3, 0.4) is 0 Å². The van der Waals surface area contributed by atoms with Gasteiger partial charge in [0, 0.05) is 0 Å². The van der Waals surface area contributed by atoms with Crippen molar-refractivity contribution in [2.45, 2.75) is 33.1 Å². The van der Waals surface area contributed by atoms with Crippen molar-refractivity contribution >= 4 is 11.6 Å². The minimum absolute atomic E-state index is 0.286. The molecule has 2 rings (SSSR count). The van der Waals surface area contributed by atoms with Crippen LogP contribution >= 0.6 is 0 Å². The fourth-order valence-corrected chi connectivity index (χ4v) is 2.15. The van der Waals surface area contributed by atoms with Gasteiger partial charge in [-0.2, -0.15) is 13.2 Å². The van der Waals surface area contributed by atoms with E-state index in [1.165, 1.54) is 25.1 Å². The van der Waals surface area contributed by atoms with Crippen LogP contribution in [-0.4, -0.2) is 12.0 Å². The molecule has 2 aromatic rings. The second kappa shape index (κ2) is 6.95. The number of rotatable bonds is 4. The molecule has 128 valence electrons. The number of hydrogen-bond donors (Lipinski definition) is 1. The van der Waals surface area contributed by atoms with Crippen LogP contribution in [0.15, 0.2) is 42.5 Å². The molecule has 1 amide bonds. The van der Waals surface area contributed by atoms with Crippen LogP contribution in [0.5, 0.6) is 5.75 Å². The molecule has 0 spiro atoms. The first kappa shape index (κ1) is 17.8. The van der Waals surface area contributed by atoms with E-state index in [1.54, 1.807) is 6.07 Å². The molecule has 1 unspecified atom stereocenters. The van der Waals surface area contributed by atoms with Gasteiger partial charge in [-0.15, -0.1) is 0 Å². The average Bonchev–Trinajstić information content (AvgIpc) is 2.50.